The number of hydrogen-bond donors (Lipinski definition) is 2. The fourth-order valence-electron chi connectivity index (χ4n) is 2.80. The van der Waals surface area contributed by atoms with E-state index in [9.17, 15) is 19.7 Å². The van der Waals surface area contributed by atoms with E-state index in [-0.39, 0.29) is 24.0 Å². The first-order valence-electron chi connectivity index (χ1n) is 9.52. The molecule has 3 aromatic carbocycles. The van der Waals surface area contributed by atoms with Crippen molar-refractivity contribution in [2.45, 2.75) is 13.5 Å². The number of nitro groups is 1. The summed E-state index contributed by atoms with van der Waals surface area (Å²) in [6, 6.07) is 20.0. The van der Waals surface area contributed by atoms with Gasteiger partial charge in [-0.25, -0.2) is 0 Å². The van der Waals surface area contributed by atoms with Crippen LogP contribution in [0.25, 0.3) is 0 Å². The number of hydrogen-bond acceptors (Lipinski definition) is 5. The number of nitrogens with one attached hydrogen (secondary N) is 2. The van der Waals surface area contributed by atoms with E-state index in [1.165, 1.54) is 24.3 Å². The van der Waals surface area contributed by atoms with Gasteiger partial charge in [0.25, 0.3) is 17.5 Å². The molecule has 0 saturated carbocycles. The number of carbonyl (C=O) groups is 2. The first-order valence-corrected chi connectivity index (χ1v) is 9.52. The summed E-state index contributed by atoms with van der Waals surface area (Å²) in [5.41, 5.74) is 2.63. The van der Waals surface area contributed by atoms with Gasteiger partial charge < -0.3 is 15.4 Å². The Morgan fingerprint density at radius 3 is 2.48 bits per heavy atom. The largest absolute Gasteiger partial charge is 0.484 e. The molecule has 0 fully saturated rings. The number of para-hydroxylation sites is 1. The van der Waals surface area contributed by atoms with Gasteiger partial charge in [-0.1, -0.05) is 48.0 Å². The molecule has 0 radical (unpaired) electrons. The minimum Gasteiger partial charge on any atom is -0.484 e. The molecule has 0 aliphatic heterocycles. The zero-order chi connectivity index (χ0) is 22.2. The quantitative estimate of drug-likeness (QED) is 0.426. The van der Waals surface area contributed by atoms with Crippen molar-refractivity contribution in [2.75, 3.05) is 11.9 Å². The van der Waals surface area contributed by atoms with E-state index < -0.39 is 10.8 Å². The van der Waals surface area contributed by atoms with Crippen molar-refractivity contribution in [2.24, 2.45) is 0 Å². The molecule has 0 aromatic heterocycles. The second-order valence-electron chi connectivity index (χ2n) is 6.81. The van der Waals surface area contributed by atoms with Gasteiger partial charge in [-0.05, 0) is 30.7 Å². The van der Waals surface area contributed by atoms with E-state index in [1.54, 1.807) is 24.3 Å². The molecule has 158 valence electrons. The Labute approximate surface area is 179 Å². The molecule has 0 unspecified atom stereocenters. The molecule has 2 N–H and O–H groups in total. The lowest BCUT2D eigenvalue weighted by Crippen LogP contribution is -2.26. The van der Waals surface area contributed by atoms with Crippen LogP contribution < -0.4 is 15.4 Å². The third-order valence-electron chi connectivity index (χ3n) is 4.42. The third-order valence-corrected chi connectivity index (χ3v) is 4.42. The Hall–Kier alpha value is -4.20. The number of aryl methyl sites for hydroxylation is 1. The van der Waals surface area contributed by atoms with Crippen LogP contribution in [0.15, 0.2) is 72.8 Å². The number of anilines is 1. The molecule has 0 heterocycles. The monoisotopic (exact) mass is 419 g/mol. The molecular weight excluding hydrogens is 398 g/mol. The highest BCUT2D eigenvalue weighted by atomic mass is 16.6. The number of non-ortho nitro benzene ring substituents is 1. The number of ether oxygens (including phenoxy) is 1. The molecule has 0 aliphatic rings. The summed E-state index contributed by atoms with van der Waals surface area (Å²) in [6.07, 6.45) is 0. The SMILES string of the molecule is Cc1ccc(CNC(=O)c2ccccc2NC(=O)COc2cccc([N+](=O)[O-])c2)cc1. The smallest absolute Gasteiger partial charge is 0.273 e. The summed E-state index contributed by atoms with van der Waals surface area (Å²) in [7, 11) is 0. The summed E-state index contributed by atoms with van der Waals surface area (Å²) in [5, 5.41) is 16.3. The summed E-state index contributed by atoms with van der Waals surface area (Å²) >= 11 is 0. The van der Waals surface area contributed by atoms with Gasteiger partial charge in [-0.3, -0.25) is 19.7 Å². The lowest BCUT2D eigenvalue weighted by atomic mass is 10.1. The van der Waals surface area contributed by atoms with Crippen LogP contribution in [0, 0.1) is 17.0 Å². The lowest BCUT2D eigenvalue weighted by molar-refractivity contribution is -0.384. The second kappa shape index (κ2) is 10.0. The van der Waals surface area contributed by atoms with Gasteiger partial charge >= 0.3 is 0 Å². The Kier molecular flexibility index (Phi) is 6.95. The summed E-state index contributed by atoms with van der Waals surface area (Å²) in [6.45, 7) is 1.99. The molecule has 3 rings (SSSR count). The van der Waals surface area contributed by atoms with Crippen LogP contribution in [-0.4, -0.2) is 23.3 Å². The Morgan fingerprint density at radius 1 is 1.00 bits per heavy atom. The van der Waals surface area contributed by atoms with E-state index in [1.807, 2.05) is 31.2 Å². The molecule has 3 aromatic rings. The number of nitrogens with zero attached hydrogens (tertiary/aromatic N) is 1. The van der Waals surface area contributed by atoms with E-state index >= 15 is 0 Å². The van der Waals surface area contributed by atoms with Crippen LogP contribution in [0.1, 0.15) is 21.5 Å². The lowest BCUT2D eigenvalue weighted by Gasteiger charge is -2.12. The maximum atomic E-state index is 12.6. The molecular formula is C23H21N3O5. The Bertz CT molecular complexity index is 1100. The number of carbonyl (C=O) groups excluding carboxylic acids is 2. The zero-order valence-electron chi connectivity index (χ0n) is 16.8. The van der Waals surface area contributed by atoms with Gasteiger partial charge in [0.1, 0.15) is 5.75 Å². The highest BCUT2D eigenvalue weighted by Crippen LogP contribution is 2.19. The molecule has 2 amide bonds. The van der Waals surface area contributed by atoms with Crippen molar-refractivity contribution in [1.82, 2.24) is 5.32 Å². The van der Waals surface area contributed by atoms with Crippen molar-refractivity contribution >= 4 is 23.2 Å². The van der Waals surface area contributed by atoms with Crippen LogP contribution in [0.3, 0.4) is 0 Å². The molecule has 0 atom stereocenters. The Morgan fingerprint density at radius 2 is 1.74 bits per heavy atom. The van der Waals surface area contributed by atoms with E-state index in [0.29, 0.717) is 17.8 Å². The molecule has 0 bridgehead atoms. The topological polar surface area (TPSA) is 111 Å². The van der Waals surface area contributed by atoms with Crippen LogP contribution >= 0.6 is 0 Å². The van der Waals surface area contributed by atoms with Crippen LogP contribution in [-0.2, 0) is 11.3 Å². The third kappa shape index (κ3) is 6.14. The zero-order valence-corrected chi connectivity index (χ0v) is 16.8. The summed E-state index contributed by atoms with van der Waals surface area (Å²) in [4.78, 5) is 35.2. The van der Waals surface area contributed by atoms with Crippen LogP contribution in [0.4, 0.5) is 11.4 Å². The van der Waals surface area contributed by atoms with Crippen molar-refractivity contribution < 1.29 is 19.2 Å². The van der Waals surface area contributed by atoms with Crippen LogP contribution in [0.2, 0.25) is 0 Å². The second-order valence-corrected chi connectivity index (χ2v) is 6.81. The minimum absolute atomic E-state index is 0.131. The van der Waals surface area contributed by atoms with Gasteiger partial charge in [-0.2, -0.15) is 0 Å². The van der Waals surface area contributed by atoms with Gasteiger partial charge in [0, 0.05) is 12.6 Å². The van der Waals surface area contributed by atoms with Crippen molar-refractivity contribution in [3.05, 3.63) is 99.6 Å². The fourth-order valence-corrected chi connectivity index (χ4v) is 2.80. The van der Waals surface area contributed by atoms with Crippen molar-refractivity contribution in [3.63, 3.8) is 0 Å². The number of nitro benzene ring substituents is 1. The number of benzene rings is 3. The van der Waals surface area contributed by atoms with Crippen molar-refractivity contribution in [3.8, 4) is 5.75 Å². The fraction of sp³-hybridized carbons (Fsp3) is 0.130. The standard InChI is InChI=1S/C23H21N3O5/c1-16-9-11-17(12-10-16)14-24-23(28)20-7-2-3-8-21(20)25-22(27)15-31-19-6-4-5-18(13-19)26(29)30/h2-13H,14-15H2,1H3,(H,24,28)(H,25,27). The first kappa shape index (κ1) is 21.5. The highest BCUT2D eigenvalue weighted by Gasteiger charge is 2.14. The van der Waals surface area contributed by atoms with Gasteiger partial charge in [-0.15, -0.1) is 0 Å². The molecule has 0 spiro atoms. The molecule has 0 aliphatic carbocycles. The van der Waals surface area contributed by atoms with E-state index in [0.717, 1.165) is 11.1 Å². The molecule has 31 heavy (non-hydrogen) atoms. The molecule has 8 heteroatoms. The molecule has 8 nitrogen and oxygen atoms in total. The maximum absolute atomic E-state index is 12.6. The van der Waals surface area contributed by atoms with E-state index in [4.69, 9.17) is 4.74 Å². The predicted octanol–water partition coefficient (Wildman–Crippen LogP) is 3.85. The average Bonchev–Trinajstić information content (AvgIpc) is 2.77. The maximum Gasteiger partial charge on any atom is 0.273 e. The molecule has 0 saturated heterocycles. The number of rotatable bonds is 8. The predicted molar refractivity (Wildman–Crippen MR) is 116 cm³/mol. The summed E-state index contributed by atoms with van der Waals surface area (Å²) in [5.74, 6) is -0.616. The average molecular weight is 419 g/mol. The Balaban J connectivity index is 1.59. The van der Waals surface area contributed by atoms with E-state index in [2.05, 4.69) is 10.6 Å². The van der Waals surface area contributed by atoms with Gasteiger partial charge in [0.05, 0.1) is 22.2 Å². The van der Waals surface area contributed by atoms with Crippen LogP contribution in [0.5, 0.6) is 5.75 Å². The highest BCUT2D eigenvalue weighted by molar-refractivity contribution is 6.04. The van der Waals surface area contributed by atoms with Gasteiger partial charge in [0.15, 0.2) is 6.61 Å². The normalized spacial score (nSPS) is 10.2. The summed E-state index contributed by atoms with van der Waals surface area (Å²) < 4.78 is 5.33. The number of amides is 2. The van der Waals surface area contributed by atoms with Gasteiger partial charge in [0.2, 0.25) is 0 Å². The minimum atomic E-state index is -0.543. The first-order chi connectivity index (χ1) is 14.9. The van der Waals surface area contributed by atoms with Crippen molar-refractivity contribution in [1.29, 1.82) is 0 Å².